The van der Waals surface area contributed by atoms with Crippen molar-refractivity contribution < 1.29 is 9.31 Å². The normalized spacial score (nSPS) is 26.6. The van der Waals surface area contributed by atoms with Crippen LogP contribution in [0.2, 0.25) is 5.15 Å². The fraction of sp³-hybridized carbons (Fsp3) is 0.750. The molecule has 0 N–H and O–H groups in total. The molecule has 1 aromatic rings. The standard InChI is InChI=1S/C16H25BClN3O2/c1-11-8-6-7-9-21(11)14-19-10-12(13(18)20-14)17-22-15(2,3)16(4,5)23-17/h10-11H,6-9H2,1-5H3. The zero-order valence-electron chi connectivity index (χ0n) is 14.6. The van der Waals surface area contributed by atoms with Crippen LogP contribution in [0.5, 0.6) is 0 Å². The van der Waals surface area contributed by atoms with E-state index in [4.69, 9.17) is 20.9 Å². The molecule has 1 atom stereocenters. The van der Waals surface area contributed by atoms with Crippen molar-refractivity contribution in [3.63, 3.8) is 0 Å². The van der Waals surface area contributed by atoms with Crippen LogP contribution in [0.4, 0.5) is 5.95 Å². The Balaban J connectivity index is 1.83. The molecule has 2 fully saturated rings. The second kappa shape index (κ2) is 5.90. The molecule has 0 bridgehead atoms. The summed E-state index contributed by atoms with van der Waals surface area (Å²) in [6.07, 6.45) is 5.34. The van der Waals surface area contributed by atoms with Gasteiger partial charge in [-0.05, 0) is 53.9 Å². The van der Waals surface area contributed by atoms with Crippen LogP contribution in [0.3, 0.4) is 0 Å². The lowest BCUT2D eigenvalue weighted by Gasteiger charge is -2.33. The van der Waals surface area contributed by atoms with Crippen molar-refractivity contribution in [1.29, 1.82) is 0 Å². The van der Waals surface area contributed by atoms with Gasteiger partial charge in [0.25, 0.3) is 0 Å². The van der Waals surface area contributed by atoms with Crippen LogP contribution in [-0.4, -0.2) is 40.9 Å². The molecule has 7 heteroatoms. The fourth-order valence-electron chi connectivity index (χ4n) is 3.02. The van der Waals surface area contributed by atoms with E-state index < -0.39 is 18.3 Å². The third-order valence-electron chi connectivity index (χ3n) is 5.32. The Morgan fingerprint density at radius 2 is 1.87 bits per heavy atom. The average molecular weight is 338 g/mol. The maximum atomic E-state index is 6.42. The summed E-state index contributed by atoms with van der Waals surface area (Å²) in [5, 5.41) is 0.409. The zero-order valence-corrected chi connectivity index (χ0v) is 15.4. The molecule has 1 aromatic heterocycles. The van der Waals surface area contributed by atoms with Crippen LogP contribution in [0, 0.1) is 0 Å². The van der Waals surface area contributed by atoms with Crippen molar-refractivity contribution in [2.24, 2.45) is 0 Å². The van der Waals surface area contributed by atoms with Crippen molar-refractivity contribution in [2.75, 3.05) is 11.4 Å². The minimum Gasteiger partial charge on any atom is -0.399 e. The monoisotopic (exact) mass is 337 g/mol. The van der Waals surface area contributed by atoms with Gasteiger partial charge in [-0.2, -0.15) is 0 Å². The summed E-state index contributed by atoms with van der Waals surface area (Å²) in [5.74, 6) is 0.697. The van der Waals surface area contributed by atoms with Gasteiger partial charge in [0.15, 0.2) is 0 Å². The van der Waals surface area contributed by atoms with Gasteiger partial charge in [0.2, 0.25) is 5.95 Å². The summed E-state index contributed by atoms with van der Waals surface area (Å²) in [7, 11) is -0.527. The van der Waals surface area contributed by atoms with E-state index in [-0.39, 0.29) is 0 Å². The highest BCUT2D eigenvalue weighted by molar-refractivity contribution is 6.65. The highest BCUT2D eigenvalue weighted by atomic mass is 35.5. The van der Waals surface area contributed by atoms with Crippen molar-refractivity contribution in [2.45, 2.75) is 71.1 Å². The minimum absolute atomic E-state index is 0.402. The smallest absolute Gasteiger partial charge is 0.399 e. The predicted octanol–water partition coefficient (Wildman–Crippen LogP) is 2.81. The molecule has 0 saturated carbocycles. The number of anilines is 1. The number of aromatic nitrogens is 2. The van der Waals surface area contributed by atoms with E-state index in [0.29, 0.717) is 22.6 Å². The van der Waals surface area contributed by atoms with Crippen LogP contribution >= 0.6 is 11.6 Å². The third-order valence-corrected chi connectivity index (χ3v) is 5.63. The highest BCUT2D eigenvalue weighted by Crippen LogP contribution is 2.37. The van der Waals surface area contributed by atoms with Gasteiger partial charge in [-0.3, -0.25) is 0 Å². The summed E-state index contributed by atoms with van der Waals surface area (Å²) < 4.78 is 12.1. The number of rotatable bonds is 2. The number of halogens is 1. The van der Waals surface area contributed by atoms with Gasteiger partial charge in [-0.15, -0.1) is 0 Å². The number of nitrogens with zero attached hydrogens (tertiary/aromatic N) is 3. The van der Waals surface area contributed by atoms with Crippen molar-refractivity contribution in [1.82, 2.24) is 9.97 Å². The van der Waals surface area contributed by atoms with E-state index in [1.807, 2.05) is 27.7 Å². The summed E-state index contributed by atoms with van der Waals surface area (Å²) in [6.45, 7) is 11.3. The largest absolute Gasteiger partial charge is 0.499 e. The van der Waals surface area contributed by atoms with Gasteiger partial charge >= 0.3 is 7.12 Å². The Labute approximate surface area is 143 Å². The van der Waals surface area contributed by atoms with Crippen LogP contribution < -0.4 is 10.4 Å². The quantitative estimate of drug-likeness (QED) is 0.613. The van der Waals surface area contributed by atoms with E-state index in [1.165, 1.54) is 19.3 Å². The molecule has 0 aromatic carbocycles. The van der Waals surface area contributed by atoms with Crippen LogP contribution in [0.15, 0.2) is 6.20 Å². The summed E-state index contributed by atoms with van der Waals surface area (Å²) in [5.41, 5.74) is -0.110. The maximum Gasteiger partial charge on any atom is 0.499 e. The van der Waals surface area contributed by atoms with E-state index in [9.17, 15) is 0 Å². The molecule has 126 valence electrons. The van der Waals surface area contributed by atoms with E-state index in [1.54, 1.807) is 6.20 Å². The summed E-state index contributed by atoms with van der Waals surface area (Å²) in [4.78, 5) is 11.3. The second-order valence-electron chi connectivity index (χ2n) is 7.54. The lowest BCUT2D eigenvalue weighted by Crippen LogP contribution is -2.41. The van der Waals surface area contributed by atoms with Gasteiger partial charge < -0.3 is 14.2 Å². The van der Waals surface area contributed by atoms with Crippen molar-refractivity contribution in [3.8, 4) is 0 Å². The maximum absolute atomic E-state index is 6.42. The second-order valence-corrected chi connectivity index (χ2v) is 7.90. The molecule has 1 unspecified atom stereocenters. The molecule has 3 heterocycles. The van der Waals surface area contributed by atoms with Gasteiger partial charge in [0, 0.05) is 24.2 Å². The first-order valence-corrected chi connectivity index (χ1v) is 8.74. The molecule has 0 aliphatic carbocycles. The molecule has 0 amide bonds. The number of piperidine rings is 1. The molecule has 23 heavy (non-hydrogen) atoms. The predicted molar refractivity (Wildman–Crippen MR) is 93.4 cm³/mol. The van der Waals surface area contributed by atoms with Crippen molar-refractivity contribution >= 4 is 30.1 Å². The van der Waals surface area contributed by atoms with E-state index >= 15 is 0 Å². The molecular formula is C16H25BClN3O2. The third kappa shape index (κ3) is 3.09. The van der Waals surface area contributed by atoms with Gasteiger partial charge in [-0.25, -0.2) is 9.97 Å². The topological polar surface area (TPSA) is 47.5 Å². The Morgan fingerprint density at radius 1 is 1.22 bits per heavy atom. The average Bonchev–Trinajstić information content (AvgIpc) is 2.67. The molecule has 2 saturated heterocycles. The van der Waals surface area contributed by atoms with E-state index in [0.717, 1.165) is 6.54 Å². The molecule has 2 aliphatic rings. The van der Waals surface area contributed by atoms with E-state index in [2.05, 4.69) is 21.8 Å². The molecule has 3 rings (SSSR count). The minimum atomic E-state index is -0.527. The zero-order chi connectivity index (χ0) is 16.8. The first kappa shape index (κ1) is 17.0. The molecule has 5 nitrogen and oxygen atoms in total. The number of hydrogen-bond donors (Lipinski definition) is 0. The van der Waals surface area contributed by atoms with Crippen LogP contribution in [-0.2, 0) is 9.31 Å². The molecule has 0 radical (unpaired) electrons. The van der Waals surface area contributed by atoms with Crippen molar-refractivity contribution in [3.05, 3.63) is 11.3 Å². The fourth-order valence-corrected chi connectivity index (χ4v) is 3.24. The first-order valence-electron chi connectivity index (χ1n) is 8.36. The molecule has 2 aliphatic heterocycles. The molecular weight excluding hydrogens is 312 g/mol. The van der Waals surface area contributed by atoms with Crippen LogP contribution in [0.1, 0.15) is 53.9 Å². The summed E-state index contributed by atoms with van der Waals surface area (Å²) >= 11 is 6.42. The summed E-state index contributed by atoms with van der Waals surface area (Å²) in [6, 6.07) is 0.447. The Kier molecular flexibility index (Phi) is 4.36. The highest BCUT2D eigenvalue weighted by Gasteiger charge is 2.52. The molecule has 0 spiro atoms. The van der Waals surface area contributed by atoms with Gasteiger partial charge in [0.1, 0.15) is 5.15 Å². The van der Waals surface area contributed by atoms with Gasteiger partial charge in [-0.1, -0.05) is 11.6 Å². The SMILES string of the molecule is CC1CCCCN1c1ncc(B2OC(C)(C)C(C)(C)O2)c(Cl)n1. The van der Waals surface area contributed by atoms with Crippen LogP contribution in [0.25, 0.3) is 0 Å². The Morgan fingerprint density at radius 3 is 2.43 bits per heavy atom. The lowest BCUT2D eigenvalue weighted by atomic mass is 9.81. The lowest BCUT2D eigenvalue weighted by molar-refractivity contribution is 0.00578. The first-order chi connectivity index (χ1) is 10.7. The number of hydrogen-bond acceptors (Lipinski definition) is 5. The Hall–Kier alpha value is -0.845. The van der Waals surface area contributed by atoms with Gasteiger partial charge in [0.05, 0.1) is 11.2 Å². The Bertz CT molecular complexity index is 581.